The highest BCUT2D eigenvalue weighted by Gasteiger charge is 2.22. The molecule has 0 atom stereocenters. The van der Waals surface area contributed by atoms with Gasteiger partial charge in [-0.05, 0) is 79.2 Å². The molecule has 2 heterocycles. The number of hydrogen-bond donors (Lipinski definition) is 0. The van der Waals surface area contributed by atoms with Gasteiger partial charge in [0.15, 0.2) is 0 Å². The molecule has 0 N–H and O–H groups in total. The van der Waals surface area contributed by atoms with Crippen molar-refractivity contribution in [1.29, 1.82) is 0 Å². The summed E-state index contributed by atoms with van der Waals surface area (Å²) in [6.07, 6.45) is 0. The van der Waals surface area contributed by atoms with Crippen molar-refractivity contribution in [2.45, 2.75) is 0 Å². The van der Waals surface area contributed by atoms with Crippen molar-refractivity contribution in [3.63, 3.8) is 0 Å². The van der Waals surface area contributed by atoms with Crippen molar-refractivity contribution >= 4 is 54.5 Å². The monoisotopic (exact) mass is 612 g/mol. The van der Waals surface area contributed by atoms with Crippen LogP contribution in [0.15, 0.2) is 179 Å². The first-order valence-electron chi connectivity index (χ1n) is 16.4. The van der Waals surface area contributed by atoms with Crippen LogP contribution in [-0.2, 0) is 0 Å². The fourth-order valence-electron chi connectivity index (χ4n) is 7.63. The minimum absolute atomic E-state index is 0.819. The summed E-state index contributed by atoms with van der Waals surface area (Å²) >= 11 is 0. The third-order valence-electron chi connectivity index (χ3n) is 9.70. The molecule has 0 unspecified atom stereocenters. The van der Waals surface area contributed by atoms with E-state index in [1.54, 1.807) is 0 Å². The van der Waals surface area contributed by atoms with Crippen molar-refractivity contribution in [2.24, 2.45) is 0 Å². The zero-order valence-corrected chi connectivity index (χ0v) is 26.0. The molecule has 0 bridgehead atoms. The molecule has 2 aromatic heterocycles. The second-order valence-corrected chi connectivity index (χ2v) is 12.4. The number of fused-ring (bicyclic) bond motifs is 7. The molecule has 0 aliphatic rings. The molecule has 48 heavy (non-hydrogen) atoms. The van der Waals surface area contributed by atoms with Gasteiger partial charge in [-0.25, -0.2) is 0 Å². The SMILES string of the molecule is c1ccc(-c2cc3c(ccc4c3oc3cccc(-c5c6ccccc6c(-c6ccccc6-c6ccccc6)c6ccccc56)c34)o2)cc1. The molecule has 224 valence electrons. The van der Waals surface area contributed by atoms with Crippen LogP contribution in [0.3, 0.4) is 0 Å². The van der Waals surface area contributed by atoms with E-state index in [9.17, 15) is 0 Å². The third-order valence-corrected chi connectivity index (χ3v) is 9.70. The van der Waals surface area contributed by atoms with E-state index in [0.717, 1.165) is 49.8 Å². The van der Waals surface area contributed by atoms with Crippen LogP contribution in [0.4, 0.5) is 0 Å². The second-order valence-electron chi connectivity index (χ2n) is 12.4. The molecular formula is C46H28O2. The van der Waals surface area contributed by atoms with Gasteiger partial charge in [0.2, 0.25) is 0 Å². The first-order valence-corrected chi connectivity index (χ1v) is 16.4. The molecule has 8 aromatic carbocycles. The molecule has 0 spiro atoms. The highest BCUT2D eigenvalue weighted by molar-refractivity contribution is 6.27. The zero-order chi connectivity index (χ0) is 31.6. The Hall–Kier alpha value is -6.38. The molecule has 0 fully saturated rings. The topological polar surface area (TPSA) is 26.3 Å². The van der Waals surface area contributed by atoms with E-state index in [1.807, 2.05) is 18.2 Å². The van der Waals surface area contributed by atoms with Gasteiger partial charge in [-0.3, -0.25) is 0 Å². The van der Waals surface area contributed by atoms with Crippen molar-refractivity contribution in [2.75, 3.05) is 0 Å². The number of rotatable bonds is 4. The Labute approximate surface area is 277 Å². The average Bonchev–Trinajstić information content (AvgIpc) is 3.77. The standard InChI is InChI=1S/C46H28O2/c1-3-14-29(15-4-1)31-18-7-8-19-32(31)43-33-20-9-11-22-35(33)44(36-23-12-10-21-34(36)43)37-24-13-25-41-45(37)38-26-27-40-39(46(38)48-41)28-42(47-40)30-16-5-2-6-17-30/h1-28H. The maximum absolute atomic E-state index is 6.70. The summed E-state index contributed by atoms with van der Waals surface area (Å²) in [6, 6.07) is 60.2. The summed E-state index contributed by atoms with van der Waals surface area (Å²) in [6.45, 7) is 0. The average molecular weight is 613 g/mol. The van der Waals surface area contributed by atoms with Crippen LogP contribution in [0.1, 0.15) is 0 Å². The Morgan fingerprint density at radius 3 is 1.52 bits per heavy atom. The maximum Gasteiger partial charge on any atom is 0.146 e. The van der Waals surface area contributed by atoms with Crippen LogP contribution in [-0.4, -0.2) is 0 Å². The molecule has 0 amide bonds. The lowest BCUT2D eigenvalue weighted by molar-refractivity contribution is 0.631. The van der Waals surface area contributed by atoms with Crippen LogP contribution in [0.25, 0.3) is 99.2 Å². The van der Waals surface area contributed by atoms with Gasteiger partial charge < -0.3 is 8.83 Å². The molecule has 0 radical (unpaired) electrons. The largest absolute Gasteiger partial charge is 0.456 e. The van der Waals surface area contributed by atoms with E-state index in [1.165, 1.54) is 49.4 Å². The molecule has 2 heteroatoms. The van der Waals surface area contributed by atoms with E-state index in [-0.39, 0.29) is 0 Å². The molecule has 0 aliphatic carbocycles. The first kappa shape index (κ1) is 26.8. The van der Waals surface area contributed by atoms with E-state index in [0.29, 0.717) is 0 Å². The smallest absolute Gasteiger partial charge is 0.146 e. The Bertz CT molecular complexity index is 2760. The molecule has 0 saturated carbocycles. The van der Waals surface area contributed by atoms with Crippen LogP contribution >= 0.6 is 0 Å². The molecule has 2 nitrogen and oxygen atoms in total. The molecule has 10 rings (SSSR count). The molecule has 10 aromatic rings. The van der Waals surface area contributed by atoms with Gasteiger partial charge >= 0.3 is 0 Å². The summed E-state index contributed by atoms with van der Waals surface area (Å²) in [5, 5.41) is 8.06. The lowest BCUT2D eigenvalue weighted by Gasteiger charge is -2.20. The fraction of sp³-hybridized carbons (Fsp3) is 0. The maximum atomic E-state index is 6.70. The second kappa shape index (κ2) is 10.6. The molecular weight excluding hydrogens is 585 g/mol. The van der Waals surface area contributed by atoms with E-state index in [2.05, 4.69) is 152 Å². The number of benzene rings is 8. The van der Waals surface area contributed by atoms with Crippen LogP contribution in [0.5, 0.6) is 0 Å². The Balaban J connectivity index is 1.28. The van der Waals surface area contributed by atoms with E-state index < -0.39 is 0 Å². The third kappa shape index (κ3) is 4.00. The lowest BCUT2D eigenvalue weighted by Crippen LogP contribution is -1.93. The Kier molecular flexibility index (Phi) is 5.91. The summed E-state index contributed by atoms with van der Waals surface area (Å²) in [4.78, 5) is 0. The highest BCUT2D eigenvalue weighted by atomic mass is 16.3. The van der Waals surface area contributed by atoms with Crippen molar-refractivity contribution < 1.29 is 8.83 Å². The lowest BCUT2D eigenvalue weighted by atomic mass is 9.83. The summed E-state index contributed by atoms with van der Waals surface area (Å²) < 4.78 is 13.0. The van der Waals surface area contributed by atoms with Gasteiger partial charge in [-0.1, -0.05) is 146 Å². The zero-order valence-electron chi connectivity index (χ0n) is 26.0. The van der Waals surface area contributed by atoms with Crippen LogP contribution in [0.2, 0.25) is 0 Å². The van der Waals surface area contributed by atoms with Gasteiger partial charge in [0.05, 0.1) is 5.39 Å². The van der Waals surface area contributed by atoms with Crippen LogP contribution in [0, 0.1) is 0 Å². The van der Waals surface area contributed by atoms with Gasteiger partial charge in [-0.15, -0.1) is 0 Å². The number of furan rings is 2. The Morgan fingerprint density at radius 1 is 0.312 bits per heavy atom. The van der Waals surface area contributed by atoms with Crippen molar-refractivity contribution in [1.82, 2.24) is 0 Å². The van der Waals surface area contributed by atoms with Gasteiger partial charge in [0, 0.05) is 16.3 Å². The van der Waals surface area contributed by atoms with Gasteiger partial charge in [0.25, 0.3) is 0 Å². The number of hydrogen-bond acceptors (Lipinski definition) is 2. The van der Waals surface area contributed by atoms with Crippen molar-refractivity contribution in [3.8, 4) is 44.7 Å². The predicted molar refractivity (Wildman–Crippen MR) is 200 cm³/mol. The minimum Gasteiger partial charge on any atom is -0.456 e. The Morgan fingerprint density at radius 2 is 0.854 bits per heavy atom. The quantitative estimate of drug-likeness (QED) is 0.185. The van der Waals surface area contributed by atoms with E-state index in [4.69, 9.17) is 8.83 Å². The van der Waals surface area contributed by atoms with Crippen molar-refractivity contribution in [3.05, 3.63) is 170 Å². The normalized spacial score (nSPS) is 11.8. The van der Waals surface area contributed by atoms with E-state index >= 15 is 0 Å². The first-order chi connectivity index (χ1) is 23.8. The molecule has 0 aliphatic heterocycles. The molecule has 0 saturated heterocycles. The van der Waals surface area contributed by atoms with Crippen LogP contribution < -0.4 is 0 Å². The summed E-state index contributed by atoms with van der Waals surface area (Å²) in [7, 11) is 0. The predicted octanol–water partition coefficient (Wildman–Crippen LogP) is 13.3. The van der Waals surface area contributed by atoms with Gasteiger partial charge in [-0.2, -0.15) is 0 Å². The fourth-order valence-corrected chi connectivity index (χ4v) is 7.63. The van der Waals surface area contributed by atoms with Gasteiger partial charge in [0.1, 0.15) is 22.5 Å². The summed E-state index contributed by atoms with van der Waals surface area (Å²) in [5.41, 5.74) is 10.9. The highest BCUT2D eigenvalue weighted by Crippen LogP contribution is 2.49. The minimum atomic E-state index is 0.819. The summed E-state index contributed by atoms with van der Waals surface area (Å²) in [5.74, 6) is 0.835.